The van der Waals surface area contributed by atoms with Crippen molar-refractivity contribution in [2.24, 2.45) is 4.99 Å². The zero-order valence-corrected chi connectivity index (χ0v) is 14.3. The largest absolute Gasteiger partial charge is 0.294 e. The molecule has 5 nitrogen and oxygen atoms in total. The lowest BCUT2D eigenvalue weighted by Gasteiger charge is -2.17. The van der Waals surface area contributed by atoms with Crippen LogP contribution >= 0.6 is 0 Å². The van der Waals surface area contributed by atoms with Gasteiger partial charge in [0.1, 0.15) is 0 Å². The predicted molar refractivity (Wildman–Crippen MR) is 102 cm³/mol. The standard InChI is InChI=1S/C22H16N2O3/c25-20-13-16-5-1-4-8-19(16)23-21(18-7-3-2-6-17(18)20)14-9-11-15(12-10-14)22(26)24-27/h1-12,27H,13H2,(H,24,26). The number of ketones is 1. The Kier molecular flexibility index (Phi) is 4.36. The van der Waals surface area contributed by atoms with E-state index in [1.165, 1.54) is 0 Å². The van der Waals surface area contributed by atoms with E-state index in [0.717, 1.165) is 22.4 Å². The number of hydroxylamine groups is 1. The maximum Gasteiger partial charge on any atom is 0.274 e. The summed E-state index contributed by atoms with van der Waals surface area (Å²) in [6.07, 6.45) is 0.305. The van der Waals surface area contributed by atoms with Crippen LogP contribution in [0.25, 0.3) is 0 Å². The summed E-state index contributed by atoms with van der Waals surface area (Å²) in [7, 11) is 0. The van der Waals surface area contributed by atoms with Crippen molar-refractivity contribution in [3.8, 4) is 0 Å². The number of aliphatic imine (C=N–C) groups is 1. The number of Topliss-reactive ketones (excluding diaryl/α,β-unsaturated/α-hetero) is 1. The number of fused-ring (bicyclic) bond motifs is 2. The van der Waals surface area contributed by atoms with Crippen molar-refractivity contribution in [1.29, 1.82) is 0 Å². The minimum Gasteiger partial charge on any atom is -0.294 e. The molecule has 3 aromatic carbocycles. The molecular weight excluding hydrogens is 340 g/mol. The predicted octanol–water partition coefficient (Wildman–Crippen LogP) is 3.71. The van der Waals surface area contributed by atoms with Crippen LogP contribution in [0.15, 0.2) is 77.8 Å². The Bertz CT molecular complexity index is 1070. The summed E-state index contributed by atoms with van der Waals surface area (Å²) in [6, 6.07) is 21.8. The first kappa shape index (κ1) is 16.9. The van der Waals surface area contributed by atoms with Gasteiger partial charge in [-0.05, 0) is 23.8 Å². The summed E-state index contributed by atoms with van der Waals surface area (Å²) in [6.45, 7) is 0. The van der Waals surface area contributed by atoms with Crippen molar-refractivity contribution in [3.05, 3.63) is 101 Å². The van der Waals surface area contributed by atoms with Crippen LogP contribution in [-0.4, -0.2) is 22.6 Å². The Balaban J connectivity index is 1.92. The number of hydrogen-bond acceptors (Lipinski definition) is 4. The van der Waals surface area contributed by atoms with Crippen molar-refractivity contribution >= 4 is 23.1 Å². The number of carbonyl (C=O) groups is 2. The third-order valence-corrected chi connectivity index (χ3v) is 4.58. The van der Waals surface area contributed by atoms with E-state index in [0.29, 0.717) is 23.3 Å². The van der Waals surface area contributed by atoms with Gasteiger partial charge in [-0.15, -0.1) is 0 Å². The van der Waals surface area contributed by atoms with E-state index in [1.54, 1.807) is 29.7 Å². The average Bonchev–Trinajstić information content (AvgIpc) is 2.71. The number of rotatable bonds is 2. The van der Waals surface area contributed by atoms with Gasteiger partial charge in [0, 0.05) is 28.7 Å². The van der Waals surface area contributed by atoms with Crippen molar-refractivity contribution in [1.82, 2.24) is 5.48 Å². The molecule has 27 heavy (non-hydrogen) atoms. The molecule has 132 valence electrons. The van der Waals surface area contributed by atoms with Gasteiger partial charge in [-0.25, -0.2) is 10.5 Å². The second-order valence-corrected chi connectivity index (χ2v) is 6.25. The zero-order valence-electron chi connectivity index (χ0n) is 14.3. The van der Waals surface area contributed by atoms with E-state index in [4.69, 9.17) is 10.2 Å². The topological polar surface area (TPSA) is 78.8 Å². The highest BCUT2D eigenvalue weighted by atomic mass is 16.5. The van der Waals surface area contributed by atoms with Crippen LogP contribution in [0.1, 0.15) is 37.4 Å². The fourth-order valence-electron chi connectivity index (χ4n) is 3.22. The lowest BCUT2D eigenvalue weighted by atomic mass is 9.90. The van der Waals surface area contributed by atoms with Crippen molar-refractivity contribution in [2.75, 3.05) is 0 Å². The molecule has 1 heterocycles. The minimum absolute atomic E-state index is 0.0433. The third kappa shape index (κ3) is 3.16. The fourth-order valence-corrected chi connectivity index (χ4v) is 3.22. The quantitative estimate of drug-likeness (QED) is 0.543. The van der Waals surface area contributed by atoms with Crippen LogP contribution in [0.5, 0.6) is 0 Å². The molecule has 0 aromatic heterocycles. The number of carbonyl (C=O) groups excluding carboxylic acids is 2. The number of hydrogen-bond donors (Lipinski definition) is 2. The summed E-state index contributed by atoms with van der Waals surface area (Å²) in [5.74, 6) is -0.538. The first-order valence-electron chi connectivity index (χ1n) is 8.51. The van der Waals surface area contributed by atoms with Crippen molar-refractivity contribution in [2.45, 2.75) is 6.42 Å². The number of nitrogens with one attached hydrogen (secondary N) is 1. The van der Waals surface area contributed by atoms with Gasteiger partial charge >= 0.3 is 0 Å². The Morgan fingerprint density at radius 1 is 0.889 bits per heavy atom. The van der Waals surface area contributed by atoms with E-state index in [9.17, 15) is 9.59 Å². The van der Waals surface area contributed by atoms with Gasteiger partial charge in [0.05, 0.1) is 11.4 Å². The molecule has 0 atom stereocenters. The molecule has 0 bridgehead atoms. The lowest BCUT2D eigenvalue weighted by Crippen LogP contribution is -2.19. The van der Waals surface area contributed by atoms with Crippen molar-refractivity contribution in [3.63, 3.8) is 0 Å². The first-order chi connectivity index (χ1) is 13.2. The monoisotopic (exact) mass is 356 g/mol. The Morgan fingerprint density at radius 3 is 2.30 bits per heavy atom. The van der Waals surface area contributed by atoms with Gasteiger partial charge in [-0.2, -0.15) is 0 Å². The molecule has 1 amide bonds. The second kappa shape index (κ2) is 6.97. The van der Waals surface area contributed by atoms with Gasteiger partial charge in [0.15, 0.2) is 5.78 Å². The summed E-state index contributed by atoms with van der Waals surface area (Å²) in [5, 5.41) is 8.78. The van der Waals surface area contributed by atoms with E-state index in [1.807, 2.05) is 48.5 Å². The van der Waals surface area contributed by atoms with Crippen LogP contribution in [0.2, 0.25) is 0 Å². The highest BCUT2D eigenvalue weighted by Gasteiger charge is 2.21. The molecule has 0 saturated heterocycles. The molecular formula is C22H16N2O3. The summed E-state index contributed by atoms with van der Waals surface area (Å²) in [5.41, 5.74) is 6.42. The highest BCUT2D eigenvalue weighted by molar-refractivity contribution is 6.20. The summed E-state index contributed by atoms with van der Waals surface area (Å²) < 4.78 is 0. The number of para-hydroxylation sites is 1. The molecule has 4 rings (SSSR count). The highest BCUT2D eigenvalue weighted by Crippen LogP contribution is 2.28. The van der Waals surface area contributed by atoms with Crippen LogP contribution in [0, 0.1) is 0 Å². The van der Waals surface area contributed by atoms with Gasteiger partial charge < -0.3 is 0 Å². The zero-order chi connectivity index (χ0) is 18.8. The second-order valence-electron chi connectivity index (χ2n) is 6.25. The smallest absolute Gasteiger partial charge is 0.274 e. The molecule has 0 saturated carbocycles. The molecule has 0 fully saturated rings. The molecule has 0 aliphatic carbocycles. The molecule has 2 N–H and O–H groups in total. The van der Waals surface area contributed by atoms with Gasteiger partial charge in [-0.1, -0.05) is 54.6 Å². The SMILES string of the molecule is O=C(NO)c1ccc(C2=Nc3ccccc3CC(=O)c3ccccc32)cc1. The minimum atomic E-state index is -0.581. The van der Waals surface area contributed by atoms with Crippen LogP contribution < -0.4 is 5.48 Å². The molecule has 5 heteroatoms. The summed E-state index contributed by atoms with van der Waals surface area (Å²) in [4.78, 5) is 29.3. The lowest BCUT2D eigenvalue weighted by molar-refractivity contribution is 0.0706. The number of amides is 1. The normalized spacial score (nSPS) is 12.9. The number of nitrogens with zero attached hydrogens (tertiary/aromatic N) is 1. The van der Waals surface area contributed by atoms with E-state index in [-0.39, 0.29) is 5.78 Å². The average molecular weight is 356 g/mol. The maximum atomic E-state index is 12.8. The van der Waals surface area contributed by atoms with Gasteiger partial charge in [0.25, 0.3) is 5.91 Å². The molecule has 0 spiro atoms. The molecule has 1 aliphatic rings. The molecule has 0 radical (unpaired) electrons. The third-order valence-electron chi connectivity index (χ3n) is 4.58. The van der Waals surface area contributed by atoms with E-state index in [2.05, 4.69) is 0 Å². The maximum absolute atomic E-state index is 12.8. The van der Waals surface area contributed by atoms with Crippen molar-refractivity contribution < 1.29 is 14.8 Å². The van der Waals surface area contributed by atoms with Crippen LogP contribution in [0.3, 0.4) is 0 Å². The number of benzene rings is 3. The van der Waals surface area contributed by atoms with E-state index >= 15 is 0 Å². The van der Waals surface area contributed by atoms with E-state index < -0.39 is 5.91 Å². The van der Waals surface area contributed by atoms with Gasteiger partial charge in [0.2, 0.25) is 0 Å². The Labute approximate surface area is 156 Å². The van der Waals surface area contributed by atoms with Crippen LogP contribution in [-0.2, 0) is 6.42 Å². The summed E-state index contributed by atoms with van der Waals surface area (Å²) >= 11 is 0. The fraction of sp³-hybridized carbons (Fsp3) is 0.0455. The molecule has 3 aromatic rings. The van der Waals surface area contributed by atoms with Crippen LogP contribution in [0.4, 0.5) is 5.69 Å². The van der Waals surface area contributed by atoms with Gasteiger partial charge in [-0.3, -0.25) is 14.8 Å². The Morgan fingerprint density at radius 2 is 1.56 bits per heavy atom. The Hall–Kier alpha value is -3.57. The molecule has 1 aliphatic heterocycles. The molecule has 0 unspecified atom stereocenters. The first-order valence-corrected chi connectivity index (χ1v) is 8.51.